The molecule has 0 aromatic heterocycles. The van der Waals surface area contributed by atoms with E-state index in [4.69, 9.17) is 0 Å². The number of rotatable bonds is 6. The van der Waals surface area contributed by atoms with Crippen LogP contribution in [0, 0.1) is 0 Å². The summed E-state index contributed by atoms with van der Waals surface area (Å²) in [6, 6.07) is 8.43. The van der Waals surface area contributed by atoms with Crippen LogP contribution in [0.25, 0.3) is 0 Å². The number of benzene rings is 1. The molecular formula is C14H22BrNO. The molecule has 1 atom stereocenters. The minimum atomic E-state index is -0.365. The van der Waals surface area contributed by atoms with Crippen molar-refractivity contribution in [3.05, 3.63) is 34.3 Å². The van der Waals surface area contributed by atoms with Crippen molar-refractivity contribution in [2.24, 2.45) is 0 Å². The van der Waals surface area contributed by atoms with Gasteiger partial charge in [-0.25, -0.2) is 0 Å². The Morgan fingerprint density at radius 2 is 1.82 bits per heavy atom. The Morgan fingerprint density at radius 3 is 2.29 bits per heavy atom. The highest BCUT2D eigenvalue weighted by atomic mass is 79.9. The summed E-state index contributed by atoms with van der Waals surface area (Å²) in [6.45, 7) is 8.51. The maximum Gasteiger partial charge on any atom is 0.0802 e. The monoisotopic (exact) mass is 299 g/mol. The lowest BCUT2D eigenvalue weighted by molar-refractivity contribution is 0.133. The van der Waals surface area contributed by atoms with Gasteiger partial charge in [0, 0.05) is 17.1 Å². The minimum Gasteiger partial charge on any atom is -0.388 e. The van der Waals surface area contributed by atoms with Crippen molar-refractivity contribution in [1.29, 1.82) is 0 Å². The zero-order valence-corrected chi connectivity index (χ0v) is 12.4. The number of halogens is 1. The van der Waals surface area contributed by atoms with Crippen molar-refractivity contribution in [1.82, 2.24) is 4.90 Å². The molecule has 0 spiro atoms. The van der Waals surface area contributed by atoms with E-state index in [0.717, 1.165) is 29.5 Å². The van der Waals surface area contributed by atoms with Crippen LogP contribution in [0.4, 0.5) is 0 Å². The first kappa shape index (κ1) is 14.7. The molecular weight excluding hydrogens is 278 g/mol. The summed E-state index contributed by atoms with van der Waals surface area (Å²) < 4.78 is 1.05. The van der Waals surface area contributed by atoms with Gasteiger partial charge < -0.3 is 10.0 Å². The molecule has 0 aliphatic rings. The molecule has 17 heavy (non-hydrogen) atoms. The highest BCUT2D eigenvalue weighted by Crippen LogP contribution is 2.20. The summed E-state index contributed by atoms with van der Waals surface area (Å²) >= 11 is 3.40. The van der Waals surface area contributed by atoms with Crippen molar-refractivity contribution in [3.63, 3.8) is 0 Å². The van der Waals surface area contributed by atoms with Gasteiger partial charge in [0.2, 0.25) is 0 Å². The molecule has 2 nitrogen and oxygen atoms in total. The van der Waals surface area contributed by atoms with Crippen molar-refractivity contribution >= 4 is 15.9 Å². The maximum absolute atomic E-state index is 10.1. The number of nitrogens with zero attached hydrogens (tertiary/aromatic N) is 1. The topological polar surface area (TPSA) is 23.5 Å². The molecule has 0 fully saturated rings. The van der Waals surface area contributed by atoms with E-state index in [2.05, 4.69) is 41.6 Å². The normalized spacial score (nSPS) is 13.4. The Hall–Kier alpha value is -0.380. The Labute approximate surface area is 113 Å². The lowest BCUT2D eigenvalue weighted by atomic mass is 10.1. The lowest BCUT2D eigenvalue weighted by Gasteiger charge is -2.25. The number of hydrogen-bond acceptors (Lipinski definition) is 2. The predicted octanol–water partition coefficient (Wildman–Crippen LogP) is 3.60. The standard InChI is InChI=1S/C14H22BrNO/c1-4-16(11(2)3)10-9-14(17)12-5-7-13(15)8-6-12/h5-8,11,14,17H,4,9-10H2,1-3H3. The van der Waals surface area contributed by atoms with Gasteiger partial charge in [-0.1, -0.05) is 35.0 Å². The van der Waals surface area contributed by atoms with Crippen molar-refractivity contribution in [2.75, 3.05) is 13.1 Å². The van der Waals surface area contributed by atoms with Crippen molar-refractivity contribution < 1.29 is 5.11 Å². The van der Waals surface area contributed by atoms with Crippen LogP contribution in [-0.4, -0.2) is 29.1 Å². The molecule has 0 amide bonds. The molecule has 0 aliphatic heterocycles. The van der Waals surface area contributed by atoms with Crippen LogP contribution in [-0.2, 0) is 0 Å². The average Bonchev–Trinajstić information content (AvgIpc) is 2.30. The van der Waals surface area contributed by atoms with Crippen molar-refractivity contribution in [2.45, 2.75) is 39.3 Å². The van der Waals surface area contributed by atoms with E-state index >= 15 is 0 Å². The molecule has 1 rings (SSSR count). The van der Waals surface area contributed by atoms with Gasteiger partial charge in [0.15, 0.2) is 0 Å². The molecule has 0 heterocycles. The minimum absolute atomic E-state index is 0.365. The van der Waals surface area contributed by atoms with Crippen LogP contribution in [0.5, 0.6) is 0 Å². The van der Waals surface area contributed by atoms with E-state index in [1.165, 1.54) is 0 Å². The molecule has 1 aromatic rings. The fourth-order valence-electron chi connectivity index (χ4n) is 1.92. The first-order valence-corrected chi connectivity index (χ1v) is 7.01. The quantitative estimate of drug-likeness (QED) is 0.867. The highest BCUT2D eigenvalue weighted by molar-refractivity contribution is 9.10. The first-order valence-electron chi connectivity index (χ1n) is 6.22. The molecule has 3 heteroatoms. The van der Waals surface area contributed by atoms with Crippen LogP contribution in [0.2, 0.25) is 0 Å². The SMILES string of the molecule is CCN(CCC(O)c1ccc(Br)cc1)C(C)C. The van der Waals surface area contributed by atoms with E-state index in [9.17, 15) is 5.11 Å². The van der Waals surface area contributed by atoms with E-state index in [1.54, 1.807) is 0 Å². The van der Waals surface area contributed by atoms with Gasteiger partial charge in [0.25, 0.3) is 0 Å². The molecule has 1 aromatic carbocycles. The number of aliphatic hydroxyl groups excluding tert-OH is 1. The summed E-state index contributed by atoms with van der Waals surface area (Å²) in [6.07, 6.45) is 0.420. The first-order chi connectivity index (χ1) is 8.04. The van der Waals surface area contributed by atoms with E-state index in [1.807, 2.05) is 24.3 Å². The van der Waals surface area contributed by atoms with Crippen LogP contribution >= 0.6 is 15.9 Å². The fraction of sp³-hybridized carbons (Fsp3) is 0.571. The Kier molecular flexibility index (Phi) is 6.17. The van der Waals surface area contributed by atoms with Gasteiger partial charge in [-0.05, 0) is 44.5 Å². The van der Waals surface area contributed by atoms with Crippen LogP contribution in [0.1, 0.15) is 38.9 Å². The van der Waals surface area contributed by atoms with E-state index in [-0.39, 0.29) is 6.10 Å². The highest BCUT2D eigenvalue weighted by Gasteiger charge is 2.11. The van der Waals surface area contributed by atoms with Gasteiger partial charge >= 0.3 is 0 Å². The average molecular weight is 300 g/mol. The maximum atomic E-state index is 10.1. The van der Waals surface area contributed by atoms with Crippen LogP contribution in [0.3, 0.4) is 0 Å². The fourth-order valence-corrected chi connectivity index (χ4v) is 2.19. The zero-order chi connectivity index (χ0) is 12.8. The van der Waals surface area contributed by atoms with E-state index in [0.29, 0.717) is 6.04 Å². The van der Waals surface area contributed by atoms with E-state index < -0.39 is 0 Å². The van der Waals surface area contributed by atoms with Crippen molar-refractivity contribution in [3.8, 4) is 0 Å². The smallest absolute Gasteiger partial charge is 0.0802 e. The summed E-state index contributed by atoms with van der Waals surface area (Å²) in [4.78, 5) is 2.36. The third-order valence-electron chi connectivity index (χ3n) is 3.08. The van der Waals surface area contributed by atoms with Crippen LogP contribution in [0.15, 0.2) is 28.7 Å². The second kappa shape index (κ2) is 7.14. The lowest BCUT2D eigenvalue weighted by Crippen LogP contribution is -2.32. The second-order valence-corrected chi connectivity index (χ2v) is 5.49. The zero-order valence-electron chi connectivity index (χ0n) is 10.9. The summed E-state index contributed by atoms with van der Waals surface area (Å²) in [5, 5.41) is 10.1. The van der Waals surface area contributed by atoms with Gasteiger partial charge in [-0.2, -0.15) is 0 Å². The number of hydrogen-bond donors (Lipinski definition) is 1. The third kappa shape index (κ3) is 4.78. The third-order valence-corrected chi connectivity index (χ3v) is 3.61. The molecule has 0 aliphatic carbocycles. The van der Waals surface area contributed by atoms with Crippen LogP contribution < -0.4 is 0 Å². The number of aliphatic hydroxyl groups is 1. The molecule has 96 valence electrons. The van der Waals surface area contributed by atoms with Gasteiger partial charge in [0.05, 0.1) is 6.10 Å². The summed E-state index contributed by atoms with van der Waals surface area (Å²) in [7, 11) is 0. The molecule has 0 radical (unpaired) electrons. The predicted molar refractivity (Wildman–Crippen MR) is 76.1 cm³/mol. The molecule has 1 N–H and O–H groups in total. The van der Waals surface area contributed by atoms with Gasteiger partial charge in [0.1, 0.15) is 0 Å². The largest absolute Gasteiger partial charge is 0.388 e. The summed E-state index contributed by atoms with van der Waals surface area (Å²) in [5.74, 6) is 0. The Bertz CT molecular complexity index is 323. The Morgan fingerprint density at radius 1 is 1.24 bits per heavy atom. The van der Waals surface area contributed by atoms with Gasteiger partial charge in [-0.15, -0.1) is 0 Å². The molecule has 1 unspecified atom stereocenters. The second-order valence-electron chi connectivity index (χ2n) is 4.58. The Balaban J connectivity index is 2.49. The molecule has 0 saturated heterocycles. The summed E-state index contributed by atoms with van der Waals surface area (Å²) in [5.41, 5.74) is 0.994. The van der Waals surface area contributed by atoms with Gasteiger partial charge in [-0.3, -0.25) is 0 Å². The molecule has 0 bridgehead atoms. The molecule has 0 saturated carbocycles.